The molecule has 1 aliphatic rings. The average Bonchev–Trinajstić information content (AvgIpc) is 2.80. The summed E-state index contributed by atoms with van der Waals surface area (Å²) < 4.78 is 37.6. The van der Waals surface area contributed by atoms with E-state index in [1.165, 1.54) is 19.1 Å². The van der Waals surface area contributed by atoms with Crippen LogP contribution in [0.25, 0.3) is 0 Å². The number of aryl methyl sites for hydroxylation is 1. The predicted octanol–water partition coefficient (Wildman–Crippen LogP) is 5.14. The summed E-state index contributed by atoms with van der Waals surface area (Å²) in [7, 11) is -4.12. The summed E-state index contributed by atoms with van der Waals surface area (Å²) in [5.41, 5.74) is -2.18. The quantitative estimate of drug-likeness (QED) is 0.344. The lowest BCUT2D eigenvalue weighted by molar-refractivity contribution is -0.175. The normalized spacial score (nSPS) is 24.5. The van der Waals surface area contributed by atoms with Gasteiger partial charge in [-0.1, -0.05) is 41.4 Å². The maximum Gasteiger partial charge on any atom is 0.315 e. The highest BCUT2D eigenvalue weighted by atomic mass is 35.5. The standard InChI is InChI=1S/C30H39ClN2O7S/c1-18-9-15-21(16-10-18)41(37,38)33-32-22-17-30(8,36)25(27(35)40-29(5,6)7)23(19-11-13-20(31)14-12-19)24(22)26(34)39-28(2,3)4/h9-16,23-25,33,36H,17H2,1-8H3. The van der Waals surface area contributed by atoms with Gasteiger partial charge < -0.3 is 14.6 Å². The van der Waals surface area contributed by atoms with Gasteiger partial charge in [-0.15, -0.1) is 0 Å². The Morgan fingerprint density at radius 2 is 1.46 bits per heavy atom. The molecule has 9 nitrogen and oxygen atoms in total. The first-order chi connectivity index (χ1) is 18.7. The van der Waals surface area contributed by atoms with Crippen molar-refractivity contribution in [1.82, 2.24) is 4.83 Å². The van der Waals surface area contributed by atoms with Crippen LogP contribution >= 0.6 is 11.6 Å². The van der Waals surface area contributed by atoms with E-state index in [9.17, 15) is 23.1 Å². The number of halogens is 1. The van der Waals surface area contributed by atoms with Crippen molar-refractivity contribution in [3.8, 4) is 0 Å². The van der Waals surface area contributed by atoms with E-state index in [1.807, 2.05) is 6.92 Å². The number of aliphatic hydroxyl groups is 1. The number of hydrogen-bond acceptors (Lipinski definition) is 8. The number of rotatable bonds is 6. The molecule has 2 aromatic carbocycles. The molecular weight excluding hydrogens is 568 g/mol. The van der Waals surface area contributed by atoms with Gasteiger partial charge in [-0.05, 0) is 85.2 Å². The van der Waals surface area contributed by atoms with Crippen LogP contribution in [0.15, 0.2) is 58.5 Å². The molecule has 2 aromatic rings. The first-order valence-electron chi connectivity index (χ1n) is 13.3. The Balaban J connectivity index is 2.21. The number of esters is 2. The van der Waals surface area contributed by atoms with Crippen LogP contribution in [-0.2, 0) is 29.1 Å². The Bertz CT molecular complexity index is 1400. The lowest BCUT2D eigenvalue weighted by Crippen LogP contribution is -2.56. The zero-order chi connectivity index (χ0) is 31.0. The zero-order valence-electron chi connectivity index (χ0n) is 24.7. The molecule has 0 heterocycles. The molecule has 0 aromatic heterocycles. The van der Waals surface area contributed by atoms with Crippen LogP contribution in [0.5, 0.6) is 0 Å². The van der Waals surface area contributed by atoms with E-state index in [0.29, 0.717) is 10.6 Å². The van der Waals surface area contributed by atoms with Crippen molar-refractivity contribution in [2.24, 2.45) is 16.9 Å². The molecule has 0 radical (unpaired) electrons. The van der Waals surface area contributed by atoms with Gasteiger partial charge in [0.15, 0.2) is 0 Å². The van der Waals surface area contributed by atoms with E-state index < -0.39 is 56.5 Å². The van der Waals surface area contributed by atoms with Crippen molar-refractivity contribution in [2.75, 3.05) is 0 Å². The monoisotopic (exact) mass is 606 g/mol. The number of ether oxygens (including phenoxy) is 2. The molecule has 0 saturated heterocycles. The van der Waals surface area contributed by atoms with E-state index in [2.05, 4.69) is 9.93 Å². The predicted molar refractivity (Wildman–Crippen MR) is 157 cm³/mol. The number of carbonyl (C=O) groups excluding carboxylic acids is 2. The Kier molecular flexibility index (Phi) is 9.32. The van der Waals surface area contributed by atoms with Gasteiger partial charge in [-0.25, -0.2) is 4.83 Å². The molecule has 3 rings (SSSR count). The number of hydrazone groups is 1. The molecule has 1 saturated carbocycles. The molecule has 0 spiro atoms. The maximum absolute atomic E-state index is 13.8. The number of nitrogens with zero attached hydrogens (tertiary/aromatic N) is 1. The number of nitrogens with one attached hydrogen (secondary N) is 1. The SMILES string of the molecule is Cc1ccc(S(=O)(=O)NN=C2CC(C)(O)C(C(=O)OC(C)(C)C)C(c3ccc(Cl)cc3)C2C(=O)OC(C)(C)C)cc1. The summed E-state index contributed by atoms with van der Waals surface area (Å²) in [6.45, 7) is 13.5. The van der Waals surface area contributed by atoms with Gasteiger partial charge in [-0.3, -0.25) is 9.59 Å². The molecule has 41 heavy (non-hydrogen) atoms. The lowest BCUT2D eigenvalue weighted by atomic mass is 9.61. The highest BCUT2D eigenvalue weighted by molar-refractivity contribution is 7.89. The summed E-state index contributed by atoms with van der Waals surface area (Å²) >= 11 is 6.14. The topological polar surface area (TPSA) is 131 Å². The van der Waals surface area contributed by atoms with Gasteiger partial charge >= 0.3 is 11.9 Å². The summed E-state index contributed by atoms with van der Waals surface area (Å²) in [4.78, 5) is 29.7. The van der Waals surface area contributed by atoms with Crippen LogP contribution in [0, 0.1) is 18.8 Å². The smallest absolute Gasteiger partial charge is 0.315 e. The van der Waals surface area contributed by atoms with Crippen LogP contribution in [0.4, 0.5) is 0 Å². The van der Waals surface area contributed by atoms with Crippen molar-refractivity contribution >= 4 is 39.3 Å². The fraction of sp³-hybridized carbons (Fsp3) is 0.500. The summed E-state index contributed by atoms with van der Waals surface area (Å²) in [6.07, 6.45) is -0.304. The maximum atomic E-state index is 13.8. The number of carbonyl (C=O) groups is 2. The minimum Gasteiger partial charge on any atom is -0.460 e. The molecule has 4 atom stereocenters. The van der Waals surface area contributed by atoms with Crippen molar-refractivity contribution in [1.29, 1.82) is 0 Å². The Labute approximate surface area is 247 Å². The highest BCUT2D eigenvalue weighted by Gasteiger charge is 2.57. The molecule has 0 bridgehead atoms. The summed E-state index contributed by atoms with van der Waals surface area (Å²) in [5.74, 6) is -4.93. The first-order valence-corrected chi connectivity index (χ1v) is 15.1. The summed E-state index contributed by atoms with van der Waals surface area (Å²) in [5, 5.41) is 16.3. The second-order valence-corrected chi connectivity index (χ2v) is 14.7. The molecular formula is C30H39ClN2O7S. The van der Waals surface area contributed by atoms with Crippen molar-refractivity contribution in [3.05, 3.63) is 64.7 Å². The lowest BCUT2D eigenvalue weighted by Gasteiger charge is -2.46. The van der Waals surface area contributed by atoms with E-state index in [0.717, 1.165) is 5.56 Å². The van der Waals surface area contributed by atoms with Gasteiger partial charge in [0.2, 0.25) is 0 Å². The van der Waals surface area contributed by atoms with Crippen molar-refractivity contribution in [2.45, 2.75) is 89.4 Å². The van der Waals surface area contributed by atoms with Crippen LogP contribution in [-0.4, -0.2) is 48.0 Å². The molecule has 4 unspecified atom stereocenters. The number of sulfonamides is 1. The minimum absolute atomic E-state index is 0.0136. The van der Waals surface area contributed by atoms with Crippen LogP contribution in [0.2, 0.25) is 5.02 Å². The van der Waals surface area contributed by atoms with Crippen LogP contribution in [0.3, 0.4) is 0 Å². The second kappa shape index (κ2) is 11.7. The molecule has 224 valence electrons. The third-order valence-corrected chi connectivity index (χ3v) is 7.98. The molecule has 0 aliphatic heterocycles. The minimum atomic E-state index is -4.12. The third-order valence-electron chi connectivity index (χ3n) is 6.50. The molecule has 1 aliphatic carbocycles. The van der Waals surface area contributed by atoms with E-state index >= 15 is 0 Å². The largest absolute Gasteiger partial charge is 0.460 e. The molecule has 2 N–H and O–H groups in total. The number of benzene rings is 2. The van der Waals surface area contributed by atoms with E-state index in [1.54, 1.807) is 77.9 Å². The van der Waals surface area contributed by atoms with Gasteiger partial charge in [0.1, 0.15) is 17.1 Å². The second-order valence-electron chi connectivity index (χ2n) is 12.6. The first kappa shape index (κ1) is 32.6. The average molecular weight is 607 g/mol. The third kappa shape index (κ3) is 8.30. The fourth-order valence-electron chi connectivity index (χ4n) is 4.85. The van der Waals surface area contributed by atoms with Crippen LogP contribution < -0.4 is 4.83 Å². The zero-order valence-corrected chi connectivity index (χ0v) is 26.3. The van der Waals surface area contributed by atoms with E-state index in [4.69, 9.17) is 21.1 Å². The molecule has 11 heteroatoms. The van der Waals surface area contributed by atoms with Crippen molar-refractivity contribution in [3.63, 3.8) is 0 Å². The Morgan fingerprint density at radius 3 is 1.98 bits per heavy atom. The molecule has 1 fully saturated rings. The van der Waals surface area contributed by atoms with E-state index in [-0.39, 0.29) is 17.0 Å². The van der Waals surface area contributed by atoms with Gasteiger partial charge in [0.05, 0.1) is 22.1 Å². The highest BCUT2D eigenvalue weighted by Crippen LogP contribution is 2.48. The van der Waals surface area contributed by atoms with Gasteiger partial charge in [0.25, 0.3) is 10.0 Å². The van der Waals surface area contributed by atoms with Crippen LogP contribution in [0.1, 0.15) is 71.9 Å². The van der Waals surface area contributed by atoms with Gasteiger partial charge in [0, 0.05) is 17.4 Å². The van der Waals surface area contributed by atoms with Crippen molar-refractivity contribution < 1.29 is 32.6 Å². The number of hydrogen-bond donors (Lipinski definition) is 2. The fourth-order valence-corrected chi connectivity index (χ4v) is 5.82. The Morgan fingerprint density at radius 1 is 0.951 bits per heavy atom. The van der Waals surface area contributed by atoms with Gasteiger partial charge in [-0.2, -0.15) is 13.5 Å². The summed E-state index contributed by atoms with van der Waals surface area (Å²) in [6, 6.07) is 12.7. The Hall–Kier alpha value is -2.95. The molecule has 0 amide bonds.